The van der Waals surface area contributed by atoms with E-state index in [0.717, 1.165) is 25.6 Å². The number of rotatable bonds is 7. The lowest BCUT2D eigenvalue weighted by Crippen LogP contribution is -2.58. The molecule has 1 aliphatic heterocycles. The van der Waals surface area contributed by atoms with E-state index in [4.69, 9.17) is 0 Å². The number of aromatic nitrogens is 2. The van der Waals surface area contributed by atoms with E-state index in [1.54, 1.807) is 0 Å². The Balaban J connectivity index is 1.91. The molecule has 0 aromatic carbocycles. The first-order valence-electron chi connectivity index (χ1n) is 8.19. The van der Waals surface area contributed by atoms with E-state index < -0.39 is 0 Å². The van der Waals surface area contributed by atoms with Gasteiger partial charge in [-0.25, -0.2) is 0 Å². The van der Waals surface area contributed by atoms with Crippen LogP contribution in [0.2, 0.25) is 0 Å². The van der Waals surface area contributed by atoms with Gasteiger partial charge in [-0.2, -0.15) is 5.10 Å². The topological polar surface area (TPSA) is 33.1 Å². The van der Waals surface area contributed by atoms with Crippen molar-refractivity contribution in [2.75, 3.05) is 19.6 Å². The van der Waals surface area contributed by atoms with Gasteiger partial charge < -0.3 is 5.32 Å². The molecule has 1 aromatic heterocycles. The smallest absolute Gasteiger partial charge is 0.0536 e. The number of hydrogen-bond donors (Lipinski definition) is 1. The van der Waals surface area contributed by atoms with Gasteiger partial charge in [0.05, 0.1) is 6.54 Å². The molecule has 0 aliphatic carbocycles. The first-order chi connectivity index (χ1) is 9.74. The normalized spacial score (nSPS) is 25.8. The number of piperazine rings is 1. The van der Waals surface area contributed by atoms with Gasteiger partial charge in [0.2, 0.25) is 0 Å². The second-order valence-corrected chi connectivity index (χ2v) is 6.11. The fraction of sp³-hybridized carbons (Fsp3) is 0.812. The zero-order valence-corrected chi connectivity index (χ0v) is 13.3. The van der Waals surface area contributed by atoms with Crippen LogP contribution < -0.4 is 5.32 Å². The fourth-order valence-corrected chi connectivity index (χ4v) is 3.10. The second kappa shape index (κ2) is 7.79. The number of nitrogens with one attached hydrogen (secondary N) is 1. The van der Waals surface area contributed by atoms with Gasteiger partial charge in [-0.3, -0.25) is 9.58 Å². The van der Waals surface area contributed by atoms with Crippen LogP contribution in [0.5, 0.6) is 0 Å². The van der Waals surface area contributed by atoms with E-state index in [1.165, 1.54) is 25.8 Å². The Morgan fingerprint density at radius 3 is 2.85 bits per heavy atom. The molecular weight excluding hydrogens is 248 g/mol. The lowest BCUT2D eigenvalue weighted by atomic mass is 9.94. The van der Waals surface area contributed by atoms with Gasteiger partial charge in [0.15, 0.2) is 0 Å². The Morgan fingerprint density at radius 2 is 2.20 bits per heavy atom. The fourth-order valence-electron chi connectivity index (χ4n) is 3.10. The molecule has 3 unspecified atom stereocenters. The van der Waals surface area contributed by atoms with Crippen molar-refractivity contribution in [2.45, 2.75) is 58.7 Å². The van der Waals surface area contributed by atoms with Crippen molar-refractivity contribution < 1.29 is 0 Å². The second-order valence-electron chi connectivity index (χ2n) is 6.11. The molecule has 2 rings (SSSR count). The molecule has 0 radical (unpaired) electrons. The van der Waals surface area contributed by atoms with Crippen LogP contribution in [0.15, 0.2) is 18.5 Å². The van der Waals surface area contributed by atoms with Crippen LogP contribution in [0, 0.1) is 5.92 Å². The molecule has 20 heavy (non-hydrogen) atoms. The Morgan fingerprint density at radius 1 is 1.35 bits per heavy atom. The standard InChI is InChI=1S/C16H30N4/c1-4-7-15-12-17-16(14(3)5-2)13-19(15)10-11-20-9-6-8-18-20/h6,8-9,14-17H,4-5,7,10-13H2,1-3H3. The van der Waals surface area contributed by atoms with Crippen LogP contribution in [0.3, 0.4) is 0 Å². The summed E-state index contributed by atoms with van der Waals surface area (Å²) in [5.74, 6) is 0.754. The summed E-state index contributed by atoms with van der Waals surface area (Å²) in [6.45, 7) is 11.4. The molecule has 0 spiro atoms. The van der Waals surface area contributed by atoms with Crippen LogP contribution in [0.1, 0.15) is 40.0 Å². The Labute approximate surface area is 123 Å². The summed E-state index contributed by atoms with van der Waals surface area (Å²) in [5.41, 5.74) is 0. The molecule has 2 heterocycles. The van der Waals surface area contributed by atoms with Crippen LogP contribution in [-0.2, 0) is 6.54 Å². The molecule has 0 saturated carbocycles. The van der Waals surface area contributed by atoms with Gasteiger partial charge in [0.25, 0.3) is 0 Å². The zero-order valence-electron chi connectivity index (χ0n) is 13.3. The third-order valence-electron chi connectivity index (χ3n) is 4.69. The summed E-state index contributed by atoms with van der Waals surface area (Å²) in [4.78, 5) is 2.68. The van der Waals surface area contributed by atoms with E-state index in [9.17, 15) is 0 Å². The van der Waals surface area contributed by atoms with Gasteiger partial charge in [-0.05, 0) is 18.4 Å². The molecular formula is C16H30N4. The highest BCUT2D eigenvalue weighted by molar-refractivity contribution is 4.88. The van der Waals surface area contributed by atoms with Crippen molar-refractivity contribution in [1.29, 1.82) is 0 Å². The molecule has 114 valence electrons. The monoisotopic (exact) mass is 278 g/mol. The highest BCUT2D eigenvalue weighted by Gasteiger charge is 2.29. The minimum absolute atomic E-state index is 0.644. The molecule has 1 N–H and O–H groups in total. The maximum absolute atomic E-state index is 4.32. The van der Waals surface area contributed by atoms with Crippen molar-refractivity contribution in [2.24, 2.45) is 5.92 Å². The lowest BCUT2D eigenvalue weighted by Gasteiger charge is -2.42. The van der Waals surface area contributed by atoms with E-state index in [0.29, 0.717) is 12.1 Å². The maximum Gasteiger partial charge on any atom is 0.0536 e. The van der Waals surface area contributed by atoms with Crippen LogP contribution in [0.4, 0.5) is 0 Å². The minimum atomic E-state index is 0.644. The van der Waals surface area contributed by atoms with Crippen molar-refractivity contribution in [3.8, 4) is 0 Å². The molecule has 4 heteroatoms. The molecule has 4 nitrogen and oxygen atoms in total. The largest absolute Gasteiger partial charge is 0.311 e. The molecule has 3 atom stereocenters. The van der Waals surface area contributed by atoms with Gasteiger partial charge >= 0.3 is 0 Å². The summed E-state index contributed by atoms with van der Waals surface area (Å²) in [6.07, 6.45) is 7.73. The van der Waals surface area contributed by atoms with E-state index in [2.05, 4.69) is 42.3 Å². The Kier molecular flexibility index (Phi) is 6.05. The van der Waals surface area contributed by atoms with Crippen LogP contribution in [0.25, 0.3) is 0 Å². The molecule has 1 saturated heterocycles. The first kappa shape index (κ1) is 15.5. The van der Waals surface area contributed by atoms with Crippen molar-refractivity contribution in [3.63, 3.8) is 0 Å². The van der Waals surface area contributed by atoms with Crippen LogP contribution in [-0.4, -0.2) is 46.4 Å². The predicted octanol–water partition coefficient (Wildman–Crippen LogP) is 2.37. The molecule has 1 aromatic rings. The van der Waals surface area contributed by atoms with E-state index >= 15 is 0 Å². The highest BCUT2D eigenvalue weighted by atomic mass is 15.3. The van der Waals surface area contributed by atoms with Gasteiger partial charge in [-0.15, -0.1) is 0 Å². The van der Waals surface area contributed by atoms with E-state index in [1.807, 2.05) is 16.9 Å². The first-order valence-corrected chi connectivity index (χ1v) is 8.19. The summed E-state index contributed by atoms with van der Waals surface area (Å²) in [6, 6.07) is 3.34. The molecule has 1 aliphatic rings. The SMILES string of the molecule is CCCC1CNC(C(C)CC)CN1CCn1cccn1. The molecule has 0 bridgehead atoms. The summed E-state index contributed by atoms with van der Waals surface area (Å²) < 4.78 is 2.04. The van der Waals surface area contributed by atoms with Crippen molar-refractivity contribution >= 4 is 0 Å². The van der Waals surface area contributed by atoms with E-state index in [-0.39, 0.29) is 0 Å². The van der Waals surface area contributed by atoms with Gasteiger partial charge in [0.1, 0.15) is 0 Å². The number of hydrogen-bond acceptors (Lipinski definition) is 3. The Bertz CT molecular complexity index is 363. The molecule has 0 amide bonds. The predicted molar refractivity (Wildman–Crippen MR) is 83.7 cm³/mol. The molecule has 1 fully saturated rings. The third kappa shape index (κ3) is 4.06. The minimum Gasteiger partial charge on any atom is -0.311 e. The lowest BCUT2D eigenvalue weighted by molar-refractivity contribution is 0.0981. The average Bonchev–Trinajstić information content (AvgIpc) is 2.99. The van der Waals surface area contributed by atoms with Crippen LogP contribution >= 0.6 is 0 Å². The maximum atomic E-state index is 4.32. The Hall–Kier alpha value is -0.870. The number of nitrogens with zero attached hydrogens (tertiary/aromatic N) is 3. The van der Waals surface area contributed by atoms with Crippen molar-refractivity contribution in [1.82, 2.24) is 20.0 Å². The average molecular weight is 278 g/mol. The third-order valence-corrected chi connectivity index (χ3v) is 4.69. The summed E-state index contributed by atoms with van der Waals surface area (Å²) >= 11 is 0. The van der Waals surface area contributed by atoms with Gasteiger partial charge in [-0.1, -0.05) is 33.6 Å². The quantitative estimate of drug-likeness (QED) is 0.831. The summed E-state index contributed by atoms with van der Waals surface area (Å²) in [5, 5.41) is 8.08. The van der Waals surface area contributed by atoms with Gasteiger partial charge in [0, 0.05) is 44.1 Å². The van der Waals surface area contributed by atoms with Crippen molar-refractivity contribution in [3.05, 3.63) is 18.5 Å². The summed E-state index contributed by atoms with van der Waals surface area (Å²) in [7, 11) is 0. The zero-order chi connectivity index (χ0) is 14.4. The highest BCUT2D eigenvalue weighted by Crippen LogP contribution is 2.18.